The van der Waals surface area contributed by atoms with Crippen LogP contribution >= 0.6 is 11.6 Å². The van der Waals surface area contributed by atoms with Gasteiger partial charge in [0.1, 0.15) is 0 Å². The Morgan fingerprint density at radius 2 is 1.93 bits per heavy atom. The zero-order chi connectivity index (χ0) is 9.80. The summed E-state index contributed by atoms with van der Waals surface area (Å²) in [5.41, 5.74) is 2.18. The highest BCUT2D eigenvalue weighted by Crippen LogP contribution is 2.17. The van der Waals surface area contributed by atoms with Gasteiger partial charge in [-0.2, -0.15) is 0 Å². The first-order valence-electron chi connectivity index (χ1n) is 4.42. The Hall–Kier alpha value is -1.47. The van der Waals surface area contributed by atoms with Gasteiger partial charge in [-0.15, -0.1) is 0 Å². The second kappa shape index (κ2) is 4.16. The number of nitrogens with one attached hydrogen (secondary N) is 1. The summed E-state index contributed by atoms with van der Waals surface area (Å²) in [5.74, 6) is 0. The van der Waals surface area contributed by atoms with Gasteiger partial charge in [0.25, 0.3) is 0 Å². The number of hydrogen-bond donors (Lipinski definition) is 1. The minimum atomic E-state index is 0.777. The van der Waals surface area contributed by atoms with Crippen molar-refractivity contribution >= 4 is 23.8 Å². The highest BCUT2D eigenvalue weighted by atomic mass is 35.5. The Bertz CT molecular complexity index is 429. The monoisotopic (exact) mass is 203 g/mol. The van der Waals surface area contributed by atoms with Crippen LogP contribution in [0.25, 0.3) is 12.2 Å². The molecule has 0 aliphatic heterocycles. The Labute approximate surface area is 88.0 Å². The van der Waals surface area contributed by atoms with Crippen molar-refractivity contribution in [3.63, 3.8) is 0 Å². The molecular formula is C12H10ClN. The van der Waals surface area contributed by atoms with Crippen LogP contribution in [0.1, 0.15) is 11.1 Å². The molecule has 2 aromatic rings. The Balaban J connectivity index is 2.23. The minimum Gasteiger partial charge on any atom is -0.367 e. The number of halogens is 1. The maximum Gasteiger partial charge on any atom is 0.0478 e. The van der Waals surface area contributed by atoms with Crippen LogP contribution in [-0.4, -0.2) is 4.98 Å². The predicted octanol–water partition coefficient (Wildman–Crippen LogP) is 3.84. The lowest BCUT2D eigenvalue weighted by Crippen LogP contribution is -1.72. The molecule has 0 saturated carbocycles. The molecule has 0 unspecified atom stereocenters. The van der Waals surface area contributed by atoms with E-state index in [0.29, 0.717) is 0 Å². The second-order valence-electron chi connectivity index (χ2n) is 3.00. The van der Waals surface area contributed by atoms with Crippen molar-refractivity contribution in [1.82, 2.24) is 4.98 Å². The summed E-state index contributed by atoms with van der Waals surface area (Å²) >= 11 is 6.01. The molecule has 0 aliphatic carbocycles. The Morgan fingerprint density at radius 3 is 2.64 bits per heavy atom. The van der Waals surface area contributed by atoms with Crippen LogP contribution in [-0.2, 0) is 0 Å². The van der Waals surface area contributed by atoms with E-state index >= 15 is 0 Å². The average Bonchev–Trinajstić information content (AvgIpc) is 2.69. The molecule has 0 aliphatic rings. The molecule has 0 fully saturated rings. The Morgan fingerprint density at radius 1 is 1.07 bits per heavy atom. The van der Waals surface area contributed by atoms with Crippen LogP contribution in [0, 0.1) is 0 Å². The third-order valence-electron chi connectivity index (χ3n) is 1.98. The fourth-order valence-electron chi connectivity index (χ4n) is 1.24. The van der Waals surface area contributed by atoms with Crippen LogP contribution in [0.3, 0.4) is 0 Å². The van der Waals surface area contributed by atoms with Gasteiger partial charge in [0.2, 0.25) is 0 Å². The first-order valence-corrected chi connectivity index (χ1v) is 4.79. The number of aromatic nitrogens is 1. The van der Waals surface area contributed by atoms with Gasteiger partial charge in [0.15, 0.2) is 0 Å². The largest absolute Gasteiger partial charge is 0.367 e. The maximum absolute atomic E-state index is 6.01. The van der Waals surface area contributed by atoms with Gasteiger partial charge in [0.05, 0.1) is 0 Å². The topological polar surface area (TPSA) is 15.8 Å². The molecule has 1 nitrogen and oxygen atoms in total. The van der Waals surface area contributed by atoms with Gasteiger partial charge in [-0.1, -0.05) is 42.0 Å². The first kappa shape index (κ1) is 9.10. The molecule has 0 bridgehead atoms. The van der Waals surface area contributed by atoms with Gasteiger partial charge in [-0.3, -0.25) is 0 Å². The molecule has 1 heterocycles. The van der Waals surface area contributed by atoms with E-state index in [1.165, 1.54) is 0 Å². The number of benzene rings is 1. The van der Waals surface area contributed by atoms with Crippen LogP contribution in [0.4, 0.5) is 0 Å². The fraction of sp³-hybridized carbons (Fsp3) is 0. The van der Waals surface area contributed by atoms with Gasteiger partial charge in [0, 0.05) is 17.4 Å². The summed E-state index contributed by atoms with van der Waals surface area (Å²) in [5, 5.41) is 0.777. The summed E-state index contributed by atoms with van der Waals surface area (Å²) in [6, 6.07) is 9.79. The van der Waals surface area contributed by atoms with Gasteiger partial charge in [-0.25, -0.2) is 0 Å². The van der Waals surface area contributed by atoms with E-state index in [2.05, 4.69) is 4.98 Å². The van der Waals surface area contributed by atoms with Crippen molar-refractivity contribution in [3.05, 3.63) is 58.9 Å². The molecule has 1 aromatic heterocycles. The normalized spacial score (nSPS) is 10.9. The van der Waals surface area contributed by atoms with Crippen molar-refractivity contribution in [3.8, 4) is 0 Å². The molecule has 0 amide bonds. The molecule has 2 heteroatoms. The van der Waals surface area contributed by atoms with Crippen molar-refractivity contribution in [2.75, 3.05) is 0 Å². The molecule has 0 radical (unpaired) electrons. The van der Waals surface area contributed by atoms with Crippen molar-refractivity contribution < 1.29 is 0 Å². The molecule has 0 saturated heterocycles. The molecule has 2 rings (SSSR count). The van der Waals surface area contributed by atoms with Crippen LogP contribution in [0.2, 0.25) is 5.02 Å². The predicted molar refractivity (Wildman–Crippen MR) is 61.2 cm³/mol. The van der Waals surface area contributed by atoms with Crippen molar-refractivity contribution in [2.24, 2.45) is 0 Å². The van der Waals surface area contributed by atoms with Crippen LogP contribution < -0.4 is 0 Å². The summed E-state index contributed by atoms with van der Waals surface area (Å²) in [7, 11) is 0. The van der Waals surface area contributed by atoms with E-state index in [4.69, 9.17) is 11.6 Å². The molecule has 1 aromatic carbocycles. The Kier molecular flexibility index (Phi) is 2.70. The third-order valence-corrected chi connectivity index (χ3v) is 2.33. The number of hydrogen-bond acceptors (Lipinski definition) is 0. The number of aromatic amines is 1. The zero-order valence-electron chi connectivity index (χ0n) is 7.57. The lowest BCUT2D eigenvalue weighted by atomic mass is 10.2. The summed E-state index contributed by atoms with van der Waals surface area (Å²) in [6.07, 6.45) is 7.86. The van der Waals surface area contributed by atoms with E-state index in [0.717, 1.165) is 16.1 Å². The standard InChI is InChI=1S/C12H10ClN/c13-12-4-2-1-3-11(12)6-5-10-7-8-14-9-10/h1-9,14H. The van der Waals surface area contributed by atoms with E-state index in [1.54, 1.807) is 0 Å². The zero-order valence-corrected chi connectivity index (χ0v) is 8.33. The molecule has 14 heavy (non-hydrogen) atoms. The third kappa shape index (κ3) is 2.06. The fourth-order valence-corrected chi connectivity index (χ4v) is 1.44. The summed E-state index contributed by atoms with van der Waals surface area (Å²) < 4.78 is 0. The molecule has 1 N–H and O–H groups in total. The summed E-state index contributed by atoms with van der Waals surface area (Å²) in [4.78, 5) is 3.00. The first-order chi connectivity index (χ1) is 6.86. The minimum absolute atomic E-state index is 0.777. The molecule has 0 spiro atoms. The summed E-state index contributed by atoms with van der Waals surface area (Å²) in [6.45, 7) is 0. The van der Waals surface area contributed by atoms with Gasteiger partial charge < -0.3 is 4.98 Å². The molecular weight excluding hydrogens is 194 g/mol. The lowest BCUT2D eigenvalue weighted by molar-refractivity contribution is 1.41. The van der Waals surface area contributed by atoms with Gasteiger partial charge >= 0.3 is 0 Å². The highest BCUT2D eigenvalue weighted by Gasteiger charge is 1.92. The highest BCUT2D eigenvalue weighted by molar-refractivity contribution is 6.32. The maximum atomic E-state index is 6.01. The number of rotatable bonds is 2. The van der Waals surface area contributed by atoms with Crippen molar-refractivity contribution in [1.29, 1.82) is 0 Å². The van der Waals surface area contributed by atoms with E-state index in [1.807, 2.05) is 54.9 Å². The SMILES string of the molecule is Clc1ccccc1C=Cc1cc[nH]c1. The van der Waals surface area contributed by atoms with Crippen molar-refractivity contribution in [2.45, 2.75) is 0 Å². The van der Waals surface area contributed by atoms with Gasteiger partial charge in [-0.05, 0) is 23.3 Å². The smallest absolute Gasteiger partial charge is 0.0478 e. The van der Waals surface area contributed by atoms with E-state index < -0.39 is 0 Å². The van der Waals surface area contributed by atoms with E-state index in [9.17, 15) is 0 Å². The lowest BCUT2D eigenvalue weighted by Gasteiger charge is -1.95. The molecule has 70 valence electrons. The van der Waals surface area contributed by atoms with Crippen LogP contribution in [0.5, 0.6) is 0 Å². The second-order valence-corrected chi connectivity index (χ2v) is 3.41. The number of H-pyrrole nitrogens is 1. The average molecular weight is 204 g/mol. The van der Waals surface area contributed by atoms with E-state index in [-0.39, 0.29) is 0 Å². The van der Waals surface area contributed by atoms with Crippen LogP contribution in [0.15, 0.2) is 42.7 Å². The quantitative estimate of drug-likeness (QED) is 0.764. The molecule has 0 atom stereocenters.